The van der Waals surface area contributed by atoms with Gasteiger partial charge in [-0.1, -0.05) is 6.08 Å². The van der Waals surface area contributed by atoms with Crippen LogP contribution in [0.2, 0.25) is 0 Å². The number of carbonyl (C=O) groups is 2. The van der Waals surface area contributed by atoms with Gasteiger partial charge < -0.3 is 10.2 Å². The molecule has 0 aliphatic carbocycles. The van der Waals surface area contributed by atoms with E-state index in [1.807, 2.05) is 33.8 Å². The van der Waals surface area contributed by atoms with Gasteiger partial charge in [0.2, 0.25) is 11.8 Å². The van der Waals surface area contributed by atoms with Gasteiger partial charge in [0.05, 0.1) is 5.69 Å². The highest BCUT2D eigenvalue weighted by atomic mass is 16.2. The maximum atomic E-state index is 13.6. The predicted molar refractivity (Wildman–Crippen MR) is 133 cm³/mol. The zero-order valence-corrected chi connectivity index (χ0v) is 21.0. The zero-order valence-electron chi connectivity index (χ0n) is 21.0. The third-order valence-corrected chi connectivity index (χ3v) is 5.70. The molecule has 2 heterocycles. The van der Waals surface area contributed by atoms with Crippen LogP contribution < -0.4 is 5.32 Å². The van der Waals surface area contributed by atoms with Gasteiger partial charge in [0.15, 0.2) is 5.66 Å². The van der Waals surface area contributed by atoms with Gasteiger partial charge in [0.1, 0.15) is 6.04 Å². The van der Waals surface area contributed by atoms with Crippen molar-refractivity contribution >= 4 is 11.8 Å². The van der Waals surface area contributed by atoms with E-state index < -0.39 is 17.2 Å². The number of aromatic nitrogens is 2. The number of hydrogen-bond donors (Lipinski definition) is 1. The monoisotopic (exact) mass is 466 g/mol. The molecule has 2 amide bonds. The lowest BCUT2D eigenvalue weighted by Gasteiger charge is -2.37. The van der Waals surface area contributed by atoms with Crippen molar-refractivity contribution in [2.24, 2.45) is 10.2 Å². The van der Waals surface area contributed by atoms with Crippen LogP contribution in [0.25, 0.3) is 0 Å². The first-order valence-electron chi connectivity index (χ1n) is 12.0. The van der Waals surface area contributed by atoms with Crippen LogP contribution in [-0.2, 0) is 16.0 Å². The molecule has 0 saturated heterocycles. The number of allylic oxidation sites excluding steroid dienone is 1. The SMILES string of the molecule is C#CCCC1(CCC(=O)N(C(C)Cc2cnccn2)C(CCCC=C)C(=O)NC(C)(C)C)N=N1. The van der Waals surface area contributed by atoms with E-state index in [1.54, 1.807) is 23.5 Å². The minimum absolute atomic E-state index is 0.0959. The second-order valence-corrected chi connectivity index (χ2v) is 9.91. The molecule has 0 fully saturated rings. The average molecular weight is 467 g/mol. The lowest BCUT2D eigenvalue weighted by atomic mass is 9.98. The number of carbonyl (C=O) groups excluding carboxylic acids is 2. The van der Waals surface area contributed by atoms with E-state index in [4.69, 9.17) is 6.42 Å². The molecule has 8 heteroatoms. The Morgan fingerprint density at radius 2 is 2.03 bits per heavy atom. The second kappa shape index (κ2) is 12.4. The number of nitrogens with one attached hydrogen (secondary N) is 1. The molecule has 2 unspecified atom stereocenters. The van der Waals surface area contributed by atoms with Gasteiger partial charge in [0.25, 0.3) is 0 Å². The summed E-state index contributed by atoms with van der Waals surface area (Å²) in [5.74, 6) is 2.36. The summed E-state index contributed by atoms with van der Waals surface area (Å²) in [6.45, 7) is 11.6. The largest absolute Gasteiger partial charge is 0.350 e. The van der Waals surface area contributed by atoms with Crippen molar-refractivity contribution in [3.63, 3.8) is 0 Å². The van der Waals surface area contributed by atoms with Crippen LogP contribution in [0.15, 0.2) is 41.5 Å². The van der Waals surface area contributed by atoms with Gasteiger partial charge >= 0.3 is 0 Å². The molecule has 0 saturated carbocycles. The molecule has 1 aromatic rings. The van der Waals surface area contributed by atoms with Crippen molar-refractivity contribution in [2.75, 3.05) is 0 Å². The summed E-state index contributed by atoms with van der Waals surface area (Å²) in [6, 6.07) is -0.855. The standard InChI is InChI=1S/C26H38N6O2/c1-7-9-11-12-22(24(34)29-25(4,5)6)32(20(3)18-21-19-27-16-17-28-21)23(33)13-15-26(30-31-26)14-10-8-2/h2,7,16-17,19-20,22H,1,9-15,18H2,3-6H3,(H,29,34). The van der Waals surface area contributed by atoms with Gasteiger partial charge in [-0.3, -0.25) is 19.6 Å². The van der Waals surface area contributed by atoms with Crippen molar-refractivity contribution in [1.82, 2.24) is 20.2 Å². The summed E-state index contributed by atoms with van der Waals surface area (Å²) in [6.07, 6.45) is 16.7. The first-order chi connectivity index (χ1) is 16.1. The number of amides is 2. The Kier molecular flexibility index (Phi) is 9.91. The number of rotatable bonds is 14. The molecule has 0 spiro atoms. The molecule has 1 aromatic heterocycles. The van der Waals surface area contributed by atoms with E-state index in [0.29, 0.717) is 32.1 Å². The predicted octanol–water partition coefficient (Wildman–Crippen LogP) is 4.23. The summed E-state index contributed by atoms with van der Waals surface area (Å²) in [5.41, 5.74) is -0.193. The van der Waals surface area contributed by atoms with Crippen LogP contribution in [0.5, 0.6) is 0 Å². The molecule has 34 heavy (non-hydrogen) atoms. The van der Waals surface area contributed by atoms with Crippen molar-refractivity contribution in [3.8, 4) is 12.3 Å². The highest BCUT2D eigenvalue weighted by Gasteiger charge is 2.41. The Morgan fingerprint density at radius 3 is 2.59 bits per heavy atom. The zero-order chi connectivity index (χ0) is 25.2. The summed E-state index contributed by atoms with van der Waals surface area (Å²) in [7, 11) is 0. The summed E-state index contributed by atoms with van der Waals surface area (Å²) in [5, 5.41) is 11.4. The van der Waals surface area contributed by atoms with Crippen LogP contribution in [-0.4, -0.2) is 50.0 Å². The molecule has 1 aliphatic rings. The number of hydrogen-bond acceptors (Lipinski definition) is 6. The molecular weight excluding hydrogens is 428 g/mol. The Labute approximate surface area is 203 Å². The third kappa shape index (κ3) is 8.69. The fourth-order valence-corrected chi connectivity index (χ4v) is 3.97. The van der Waals surface area contributed by atoms with E-state index in [0.717, 1.165) is 18.5 Å². The molecule has 0 aromatic carbocycles. The van der Waals surface area contributed by atoms with E-state index in [1.165, 1.54) is 0 Å². The van der Waals surface area contributed by atoms with Crippen molar-refractivity contribution < 1.29 is 9.59 Å². The van der Waals surface area contributed by atoms with Crippen molar-refractivity contribution in [3.05, 3.63) is 36.9 Å². The molecule has 184 valence electrons. The van der Waals surface area contributed by atoms with E-state index >= 15 is 0 Å². The Balaban J connectivity index is 2.26. The fraction of sp³-hybridized carbons (Fsp3) is 0.615. The maximum Gasteiger partial charge on any atom is 0.243 e. The molecule has 0 radical (unpaired) electrons. The van der Waals surface area contributed by atoms with Crippen molar-refractivity contribution in [2.45, 2.75) is 102 Å². The minimum Gasteiger partial charge on any atom is -0.350 e. The van der Waals surface area contributed by atoms with Gasteiger partial charge in [-0.2, -0.15) is 10.2 Å². The average Bonchev–Trinajstić information content (AvgIpc) is 3.55. The van der Waals surface area contributed by atoms with E-state index in [-0.39, 0.29) is 24.3 Å². The lowest BCUT2D eigenvalue weighted by molar-refractivity contribution is -0.144. The molecule has 1 N–H and O–H groups in total. The lowest BCUT2D eigenvalue weighted by Crippen LogP contribution is -2.56. The van der Waals surface area contributed by atoms with Crippen LogP contribution >= 0.6 is 0 Å². The van der Waals surface area contributed by atoms with Gasteiger partial charge in [-0.25, -0.2) is 0 Å². The quantitative estimate of drug-likeness (QED) is 0.252. The highest BCUT2D eigenvalue weighted by Crippen LogP contribution is 2.38. The molecule has 0 bridgehead atoms. The molecule has 2 rings (SSSR count). The Bertz CT molecular complexity index is 894. The molecular formula is C26H38N6O2. The molecule has 1 aliphatic heterocycles. The molecule has 2 atom stereocenters. The highest BCUT2D eigenvalue weighted by molar-refractivity contribution is 5.88. The van der Waals surface area contributed by atoms with Gasteiger partial charge in [0, 0.05) is 62.3 Å². The van der Waals surface area contributed by atoms with Gasteiger partial charge in [-0.05, 0) is 47.0 Å². The topological polar surface area (TPSA) is 99.9 Å². The van der Waals surface area contributed by atoms with Crippen LogP contribution in [0.4, 0.5) is 0 Å². The summed E-state index contributed by atoms with van der Waals surface area (Å²) >= 11 is 0. The smallest absolute Gasteiger partial charge is 0.243 e. The first kappa shape index (κ1) is 27.2. The van der Waals surface area contributed by atoms with Crippen LogP contribution in [0.3, 0.4) is 0 Å². The number of unbranched alkanes of at least 4 members (excludes halogenated alkanes) is 1. The maximum absolute atomic E-state index is 13.6. The third-order valence-electron chi connectivity index (χ3n) is 5.70. The Hall–Kier alpha value is -3.08. The fourth-order valence-electron chi connectivity index (χ4n) is 3.97. The summed E-state index contributed by atoms with van der Waals surface area (Å²) in [4.78, 5) is 37.3. The van der Waals surface area contributed by atoms with Crippen LogP contribution in [0.1, 0.15) is 78.3 Å². The van der Waals surface area contributed by atoms with Gasteiger partial charge in [-0.15, -0.1) is 18.9 Å². The van der Waals surface area contributed by atoms with Crippen LogP contribution in [0, 0.1) is 12.3 Å². The number of nitrogens with zero attached hydrogens (tertiary/aromatic N) is 5. The number of terminal acetylenes is 1. The van der Waals surface area contributed by atoms with E-state index in [9.17, 15) is 9.59 Å². The first-order valence-corrected chi connectivity index (χ1v) is 12.0. The normalized spacial score (nSPS) is 15.6. The second-order valence-electron chi connectivity index (χ2n) is 9.91. The minimum atomic E-state index is -0.604. The molecule has 8 nitrogen and oxygen atoms in total. The van der Waals surface area contributed by atoms with E-state index in [2.05, 4.69) is 38.0 Å². The van der Waals surface area contributed by atoms with Crippen molar-refractivity contribution in [1.29, 1.82) is 0 Å². The summed E-state index contributed by atoms with van der Waals surface area (Å²) < 4.78 is 0. The Morgan fingerprint density at radius 1 is 1.29 bits per heavy atom.